The van der Waals surface area contributed by atoms with Crippen molar-refractivity contribution in [1.82, 2.24) is 0 Å². The highest BCUT2D eigenvalue weighted by Gasteiger charge is 2.35. The first-order valence-corrected chi connectivity index (χ1v) is 7.95. The summed E-state index contributed by atoms with van der Waals surface area (Å²) in [6.07, 6.45) is 2.49. The van der Waals surface area contributed by atoms with E-state index in [-0.39, 0.29) is 16.6 Å². The Morgan fingerprint density at radius 2 is 2.17 bits per heavy atom. The number of rotatable bonds is 3. The molecule has 2 atom stereocenters. The molecule has 0 amide bonds. The minimum absolute atomic E-state index is 0.0747. The van der Waals surface area contributed by atoms with Gasteiger partial charge in [0.05, 0.1) is 16.6 Å². The summed E-state index contributed by atoms with van der Waals surface area (Å²) in [5, 5.41) is 12.7. The molecule has 0 saturated heterocycles. The summed E-state index contributed by atoms with van der Waals surface area (Å²) in [6.45, 7) is 5.95. The van der Waals surface area contributed by atoms with Crippen molar-refractivity contribution in [2.24, 2.45) is 0 Å². The highest BCUT2D eigenvalue weighted by molar-refractivity contribution is 6.30. The molecule has 0 spiro atoms. The van der Waals surface area contributed by atoms with Crippen LogP contribution < -0.4 is 5.32 Å². The fourth-order valence-corrected chi connectivity index (χ4v) is 3.36. The number of aromatic carboxylic acids is 1. The van der Waals surface area contributed by atoms with Crippen molar-refractivity contribution < 1.29 is 14.3 Å². The maximum atomic E-state index is 13.4. The van der Waals surface area contributed by atoms with Crippen LogP contribution in [0.3, 0.4) is 0 Å². The molecule has 2 unspecified atom stereocenters. The molecule has 1 aliphatic heterocycles. The fraction of sp³-hybridized carbons (Fsp3) is 0.211. The van der Waals surface area contributed by atoms with E-state index in [0.717, 1.165) is 16.8 Å². The summed E-state index contributed by atoms with van der Waals surface area (Å²) in [6, 6.07) is 9.62. The fourth-order valence-electron chi connectivity index (χ4n) is 3.17. The van der Waals surface area contributed by atoms with Crippen LogP contribution in [-0.2, 0) is 5.41 Å². The number of anilines is 1. The van der Waals surface area contributed by atoms with Gasteiger partial charge in [0.25, 0.3) is 0 Å². The Hall–Kier alpha value is -2.33. The summed E-state index contributed by atoms with van der Waals surface area (Å²) < 4.78 is 13.4. The number of hydrogen-bond donors (Lipinski definition) is 2. The lowest BCUT2D eigenvalue weighted by Gasteiger charge is -2.39. The van der Waals surface area contributed by atoms with Crippen molar-refractivity contribution in [3.8, 4) is 0 Å². The second-order valence-electron chi connectivity index (χ2n) is 6.26. The van der Waals surface area contributed by atoms with E-state index in [2.05, 4.69) is 11.9 Å². The Balaban J connectivity index is 2.06. The Kier molecular flexibility index (Phi) is 4.10. The number of carboxylic acids is 1. The van der Waals surface area contributed by atoms with Gasteiger partial charge in [0.1, 0.15) is 5.82 Å². The van der Waals surface area contributed by atoms with Crippen LogP contribution >= 0.6 is 11.6 Å². The molecule has 3 nitrogen and oxygen atoms in total. The first-order chi connectivity index (χ1) is 11.3. The van der Waals surface area contributed by atoms with Gasteiger partial charge in [0.15, 0.2) is 0 Å². The lowest BCUT2D eigenvalue weighted by molar-refractivity contribution is 0.0696. The number of carbonyl (C=O) groups is 1. The van der Waals surface area contributed by atoms with E-state index in [1.165, 1.54) is 6.07 Å². The second kappa shape index (κ2) is 5.95. The molecule has 0 saturated carbocycles. The third-order valence-corrected chi connectivity index (χ3v) is 4.93. The molecule has 1 heterocycles. The van der Waals surface area contributed by atoms with Gasteiger partial charge in [-0.25, -0.2) is 9.18 Å². The predicted octanol–water partition coefficient (Wildman–Crippen LogP) is 5.18. The Bertz CT molecular complexity index is 836. The van der Waals surface area contributed by atoms with Crippen molar-refractivity contribution in [2.45, 2.75) is 24.8 Å². The topological polar surface area (TPSA) is 49.3 Å². The molecule has 1 aliphatic rings. The van der Waals surface area contributed by atoms with Gasteiger partial charge >= 0.3 is 5.97 Å². The molecule has 124 valence electrons. The van der Waals surface area contributed by atoms with Gasteiger partial charge in [-0.2, -0.15) is 0 Å². The standard InChI is InChI=1S/C19H17ClFNO2/c1-3-19(2)10-17(11-4-6-15(21)14(20)9-11)22-16-7-5-12(18(23)24)8-13(16)19/h3-9,17,22H,1,10H2,2H3,(H,23,24). The molecule has 24 heavy (non-hydrogen) atoms. The smallest absolute Gasteiger partial charge is 0.335 e. The molecule has 0 fully saturated rings. The average molecular weight is 346 g/mol. The number of allylic oxidation sites excluding steroid dienone is 1. The maximum Gasteiger partial charge on any atom is 0.335 e. The number of fused-ring (bicyclic) bond motifs is 1. The molecule has 0 radical (unpaired) electrons. The van der Waals surface area contributed by atoms with Crippen LogP contribution in [0, 0.1) is 5.82 Å². The normalized spacial score (nSPS) is 22.4. The predicted molar refractivity (Wildman–Crippen MR) is 93.3 cm³/mol. The number of halogens is 2. The van der Waals surface area contributed by atoms with Crippen molar-refractivity contribution in [1.29, 1.82) is 0 Å². The van der Waals surface area contributed by atoms with Gasteiger partial charge in [-0.05, 0) is 47.9 Å². The van der Waals surface area contributed by atoms with E-state index in [4.69, 9.17) is 11.6 Å². The van der Waals surface area contributed by atoms with E-state index in [9.17, 15) is 14.3 Å². The lowest BCUT2D eigenvalue weighted by Crippen LogP contribution is -2.32. The summed E-state index contributed by atoms with van der Waals surface area (Å²) in [7, 11) is 0. The van der Waals surface area contributed by atoms with Gasteiger partial charge in [0, 0.05) is 11.1 Å². The minimum atomic E-state index is -0.961. The maximum absolute atomic E-state index is 13.4. The van der Waals surface area contributed by atoms with Gasteiger partial charge < -0.3 is 10.4 Å². The van der Waals surface area contributed by atoms with Crippen LogP contribution in [0.25, 0.3) is 0 Å². The first-order valence-electron chi connectivity index (χ1n) is 7.57. The average Bonchev–Trinajstić information content (AvgIpc) is 2.56. The molecule has 2 aromatic rings. The molecule has 2 N–H and O–H groups in total. The quantitative estimate of drug-likeness (QED) is 0.754. The molecule has 0 bridgehead atoms. The number of nitrogens with one attached hydrogen (secondary N) is 1. The Labute approximate surface area is 144 Å². The van der Waals surface area contributed by atoms with E-state index in [0.29, 0.717) is 6.42 Å². The van der Waals surface area contributed by atoms with Crippen molar-refractivity contribution in [3.63, 3.8) is 0 Å². The lowest BCUT2D eigenvalue weighted by atomic mass is 9.72. The molecule has 5 heteroatoms. The summed E-state index contributed by atoms with van der Waals surface area (Å²) in [4.78, 5) is 11.2. The Morgan fingerprint density at radius 1 is 1.42 bits per heavy atom. The van der Waals surface area contributed by atoms with Gasteiger partial charge in [0.2, 0.25) is 0 Å². The second-order valence-corrected chi connectivity index (χ2v) is 6.67. The van der Waals surface area contributed by atoms with Crippen LogP contribution in [-0.4, -0.2) is 11.1 Å². The van der Waals surface area contributed by atoms with Crippen LogP contribution in [0.15, 0.2) is 49.1 Å². The van der Waals surface area contributed by atoms with E-state index in [1.807, 2.05) is 13.0 Å². The SMILES string of the molecule is C=CC1(C)CC(c2ccc(F)c(Cl)c2)Nc2ccc(C(=O)O)cc21. The van der Waals surface area contributed by atoms with Crippen molar-refractivity contribution in [3.05, 3.63) is 76.6 Å². The summed E-state index contributed by atoms with van der Waals surface area (Å²) >= 11 is 5.91. The monoisotopic (exact) mass is 345 g/mol. The van der Waals surface area contributed by atoms with Gasteiger partial charge in [-0.1, -0.05) is 30.7 Å². The minimum Gasteiger partial charge on any atom is -0.478 e. The van der Waals surface area contributed by atoms with Crippen molar-refractivity contribution >= 4 is 23.3 Å². The van der Waals surface area contributed by atoms with Crippen LogP contribution in [0.1, 0.15) is 40.9 Å². The molecule has 2 aromatic carbocycles. The molecule has 3 rings (SSSR count). The van der Waals surface area contributed by atoms with Crippen LogP contribution in [0.5, 0.6) is 0 Å². The highest BCUT2D eigenvalue weighted by Crippen LogP contribution is 2.45. The zero-order valence-corrected chi connectivity index (χ0v) is 13.9. The summed E-state index contributed by atoms with van der Waals surface area (Å²) in [5.41, 5.74) is 2.45. The van der Waals surface area contributed by atoms with Crippen LogP contribution in [0.4, 0.5) is 10.1 Å². The van der Waals surface area contributed by atoms with Crippen LogP contribution in [0.2, 0.25) is 5.02 Å². The van der Waals surface area contributed by atoms with Gasteiger partial charge in [-0.3, -0.25) is 0 Å². The zero-order valence-electron chi connectivity index (χ0n) is 13.1. The zero-order chi connectivity index (χ0) is 17.5. The largest absolute Gasteiger partial charge is 0.478 e. The molecule has 0 aromatic heterocycles. The van der Waals surface area contributed by atoms with E-state index >= 15 is 0 Å². The highest BCUT2D eigenvalue weighted by atomic mass is 35.5. The van der Waals surface area contributed by atoms with E-state index < -0.39 is 17.2 Å². The first kappa shape index (κ1) is 16.5. The third kappa shape index (κ3) is 2.78. The van der Waals surface area contributed by atoms with Crippen molar-refractivity contribution in [2.75, 3.05) is 5.32 Å². The molecular formula is C19H17ClFNO2. The molecule has 0 aliphatic carbocycles. The Morgan fingerprint density at radius 3 is 2.79 bits per heavy atom. The number of carboxylic acid groups (broad SMARTS) is 1. The van der Waals surface area contributed by atoms with Gasteiger partial charge in [-0.15, -0.1) is 6.58 Å². The number of benzene rings is 2. The summed E-state index contributed by atoms with van der Waals surface area (Å²) in [5.74, 6) is -1.41. The third-order valence-electron chi connectivity index (χ3n) is 4.64. The molecular weight excluding hydrogens is 329 g/mol. The van der Waals surface area contributed by atoms with E-state index in [1.54, 1.807) is 30.3 Å². The number of hydrogen-bond acceptors (Lipinski definition) is 2.